The third-order valence-corrected chi connectivity index (χ3v) is 4.03. The summed E-state index contributed by atoms with van der Waals surface area (Å²) in [6.45, 7) is 0. The number of hydrogen-bond acceptors (Lipinski definition) is 3. The Balaban J connectivity index is 2.18. The number of hydrogen-bond donors (Lipinski definition) is 0. The highest BCUT2D eigenvalue weighted by atomic mass is 16.7. The molecule has 0 aliphatic rings. The van der Waals surface area contributed by atoms with Crippen LogP contribution < -0.4 is 5.11 Å². The van der Waals surface area contributed by atoms with Gasteiger partial charge in [-0.3, -0.25) is 0 Å². The molecule has 24 heavy (non-hydrogen) atoms. The van der Waals surface area contributed by atoms with Gasteiger partial charge in [-0.2, -0.15) is 0 Å². The first-order valence-corrected chi connectivity index (χ1v) is 7.76. The second-order valence-electron chi connectivity index (χ2n) is 5.57. The first kappa shape index (κ1) is 15.8. The van der Waals surface area contributed by atoms with Gasteiger partial charge >= 0.3 is 0 Å². The van der Waals surface area contributed by atoms with Gasteiger partial charge in [0, 0.05) is 6.42 Å². The van der Waals surface area contributed by atoms with Gasteiger partial charge in [-0.05, 0) is 16.7 Å². The lowest BCUT2D eigenvalue weighted by molar-refractivity contribution is -0.294. The average molecular weight is 317 g/mol. The van der Waals surface area contributed by atoms with Crippen molar-refractivity contribution in [2.75, 3.05) is 0 Å². The van der Waals surface area contributed by atoms with Gasteiger partial charge in [0.1, 0.15) is 5.60 Å². The van der Waals surface area contributed by atoms with Crippen LogP contribution in [-0.2, 0) is 16.8 Å². The highest BCUT2D eigenvalue weighted by molar-refractivity contribution is 5.57. The molecule has 120 valence electrons. The molecule has 0 aliphatic heterocycles. The molecular weight excluding hydrogens is 300 g/mol. The molecule has 0 aliphatic carbocycles. The standard InChI is InChI=1S/C21H18O3/c22-20(23)24-21(18-12-6-2-7-13-18,19-14-8-3-9-15-19)16-17-10-4-1-5-11-17/h1-15H,16H2,(H,22,23)/p-1. The molecule has 0 spiro atoms. The molecule has 0 unspecified atom stereocenters. The lowest BCUT2D eigenvalue weighted by Gasteiger charge is -2.39. The van der Waals surface area contributed by atoms with Gasteiger partial charge in [-0.1, -0.05) is 91.0 Å². The smallest absolute Gasteiger partial charge is 0.253 e. The third-order valence-electron chi connectivity index (χ3n) is 4.03. The summed E-state index contributed by atoms with van der Waals surface area (Å²) in [7, 11) is 0. The second kappa shape index (κ2) is 7.01. The zero-order chi connectivity index (χ0) is 16.8. The van der Waals surface area contributed by atoms with E-state index < -0.39 is 11.8 Å². The molecule has 0 heterocycles. The van der Waals surface area contributed by atoms with Crippen molar-refractivity contribution in [2.24, 2.45) is 0 Å². The summed E-state index contributed by atoms with van der Waals surface area (Å²) in [6, 6.07) is 28.5. The van der Waals surface area contributed by atoms with Crippen molar-refractivity contribution in [3.05, 3.63) is 108 Å². The number of carbonyl (C=O) groups is 1. The summed E-state index contributed by atoms with van der Waals surface area (Å²) in [5, 5.41) is 11.4. The Bertz CT molecular complexity index is 744. The number of rotatable bonds is 5. The SMILES string of the molecule is O=C([O-])OC(Cc1ccccc1)(c1ccccc1)c1ccccc1. The summed E-state index contributed by atoms with van der Waals surface area (Å²) >= 11 is 0. The Morgan fingerprint density at radius 3 is 1.58 bits per heavy atom. The molecule has 3 rings (SSSR count). The van der Waals surface area contributed by atoms with E-state index in [4.69, 9.17) is 4.74 Å². The van der Waals surface area contributed by atoms with Gasteiger partial charge in [0.05, 0.1) is 0 Å². The van der Waals surface area contributed by atoms with E-state index in [1.807, 2.05) is 91.0 Å². The van der Waals surface area contributed by atoms with E-state index in [-0.39, 0.29) is 0 Å². The minimum Gasteiger partial charge on any atom is -0.533 e. The van der Waals surface area contributed by atoms with Gasteiger partial charge in [0.25, 0.3) is 6.16 Å². The van der Waals surface area contributed by atoms with Crippen LogP contribution in [0.2, 0.25) is 0 Å². The van der Waals surface area contributed by atoms with E-state index in [1.165, 1.54) is 0 Å². The van der Waals surface area contributed by atoms with Gasteiger partial charge in [-0.25, -0.2) is 0 Å². The number of carbonyl (C=O) groups excluding carboxylic acids is 1. The minimum atomic E-state index is -1.54. The Morgan fingerprint density at radius 2 is 1.17 bits per heavy atom. The molecule has 0 N–H and O–H groups in total. The fourth-order valence-corrected chi connectivity index (χ4v) is 2.97. The Labute approximate surface area is 141 Å². The molecule has 0 radical (unpaired) electrons. The van der Waals surface area contributed by atoms with Crippen molar-refractivity contribution in [2.45, 2.75) is 12.0 Å². The second-order valence-corrected chi connectivity index (χ2v) is 5.57. The summed E-state index contributed by atoms with van der Waals surface area (Å²) in [5.74, 6) is 0. The number of carboxylic acid groups (broad SMARTS) is 1. The maximum absolute atomic E-state index is 11.4. The van der Waals surface area contributed by atoms with Gasteiger partial charge < -0.3 is 14.6 Å². The minimum absolute atomic E-state index is 0.385. The van der Waals surface area contributed by atoms with Crippen molar-refractivity contribution in [1.29, 1.82) is 0 Å². The monoisotopic (exact) mass is 317 g/mol. The first-order valence-electron chi connectivity index (χ1n) is 7.76. The molecule has 0 bridgehead atoms. The van der Waals surface area contributed by atoms with Gasteiger partial charge in [-0.15, -0.1) is 0 Å². The third kappa shape index (κ3) is 3.30. The van der Waals surface area contributed by atoms with Crippen LogP contribution in [-0.4, -0.2) is 6.16 Å². The van der Waals surface area contributed by atoms with Gasteiger partial charge in [0.2, 0.25) is 0 Å². The Hall–Kier alpha value is -3.07. The summed E-state index contributed by atoms with van der Waals surface area (Å²) in [6.07, 6.45) is -1.16. The summed E-state index contributed by atoms with van der Waals surface area (Å²) in [4.78, 5) is 11.4. The van der Waals surface area contributed by atoms with E-state index >= 15 is 0 Å². The molecule has 0 saturated heterocycles. The largest absolute Gasteiger partial charge is 0.533 e. The van der Waals surface area contributed by atoms with Crippen molar-refractivity contribution in [3.63, 3.8) is 0 Å². The van der Waals surface area contributed by atoms with E-state index in [9.17, 15) is 9.90 Å². The molecule has 3 aromatic carbocycles. The summed E-state index contributed by atoms with van der Waals surface area (Å²) < 4.78 is 5.42. The molecule has 0 aromatic heterocycles. The van der Waals surface area contributed by atoms with Gasteiger partial charge in [0.15, 0.2) is 0 Å². The van der Waals surface area contributed by atoms with Crippen LogP contribution >= 0.6 is 0 Å². The van der Waals surface area contributed by atoms with E-state index in [2.05, 4.69) is 0 Å². The summed E-state index contributed by atoms with van der Waals surface area (Å²) in [5.41, 5.74) is 1.36. The predicted octanol–water partition coefficient (Wildman–Crippen LogP) is 3.53. The first-order chi connectivity index (χ1) is 11.7. The van der Waals surface area contributed by atoms with Crippen molar-refractivity contribution in [3.8, 4) is 0 Å². The molecule has 0 amide bonds. The van der Waals surface area contributed by atoms with Crippen LogP contribution in [0.15, 0.2) is 91.0 Å². The predicted molar refractivity (Wildman–Crippen MR) is 90.3 cm³/mol. The fraction of sp³-hybridized carbons (Fsp3) is 0.0952. The molecule has 0 saturated carbocycles. The number of benzene rings is 3. The lowest BCUT2D eigenvalue weighted by atomic mass is 9.81. The lowest BCUT2D eigenvalue weighted by Crippen LogP contribution is -2.40. The van der Waals surface area contributed by atoms with E-state index in [0.717, 1.165) is 16.7 Å². The van der Waals surface area contributed by atoms with E-state index in [0.29, 0.717) is 6.42 Å². The van der Waals surface area contributed by atoms with E-state index in [1.54, 1.807) is 0 Å². The average Bonchev–Trinajstić information content (AvgIpc) is 2.63. The maximum Gasteiger partial charge on any atom is 0.253 e. The fourth-order valence-electron chi connectivity index (χ4n) is 2.97. The molecule has 3 heteroatoms. The quantitative estimate of drug-likeness (QED) is 0.676. The van der Waals surface area contributed by atoms with Crippen molar-refractivity contribution >= 4 is 6.16 Å². The van der Waals surface area contributed by atoms with Crippen LogP contribution in [0.4, 0.5) is 4.79 Å². The van der Waals surface area contributed by atoms with Crippen LogP contribution in [0.25, 0.3) is 0 Å². The van der Waals surface area contributed by atoms with Crippen LogP contribution in [0, 0.1) is 0 Å². The van der Waals surface area contributed by atoms with Crippen molar-refractivity contribution in [1.82, 2.24) is 0 Å². The molecule has 3 aromatic rings. The molecule has 0 fully saturated rings. The Morgan fingerprint density at radius 1 is 0.750 bits per heavy atom. The highest BCUT2D eigenvalue weighted by Crippen LogP contribution is 2.37. The van der Waals surface area contributed by atoms with Crippen LogP contribution in [0.5, 0.6) is 0 Å². The van der Waals surface area contributed by atoms with Crippen LogP contribution in [0.1, 0.15) is 16.7 Å². The zero-order valence-electron chi connectivity index (χ0n) is 13.1. The highest BCUT2D eigenvalue weighted by Gasteiger charge is 2.33. The molecule has 3 nitrogen and oxygen atoms in total. The number of ether oxygens (including phenoxy) is 1. The Kier molecular flexibility index (Phi) is 4.62. The molecular formula is C21H17O3-. The zero-order valence-corrected chi connectivity index (χ0v) is 13.1. The normalized spacial score (nSPS) is 11.0. The topological polar surface area (TPSA) is 49.4 Å². The van der Waals surface area contributed by atoms with Crippen LogP contribution in [0.3, 0.4) is 0 Å². The van der Waals surface area contributed by atoms with Crippen molar-refractivity contribution < 1.29 is 14.6 Å². The molecule has 0 atom stereocenters. The maximum atomic E-state index is 11.4.